The molecule has 3 aromatic rings. The first kappa shape index (κ1) is 12.3. The number of fused-ring (bicyclic) bond motifs is 1. The molecular formula is C13H8F2N2O3. The molecule has 102 valence electrons. The highest BCUT2D eigenvalue weighted by atomic mass is 19.1. The lowest BCUT2D eigenvalue weighted by molar-refractivity contribution is 0.0689. The van der Waals surface area contributed by atoms with Crippen molar-refractivity contribution in [2.24, 2.45) is 7.05 Å². The predicted molar refractivity (Wildman–Crippen MR) is 65.3 cm³/mol. The molecule has 0 saturated carbocycles. The van der Waals surface area contributed by atoms with Gasteiger partial charge in [-0.25, -0.2) is 13.6 Å². The molecule has 3 rings (SSSR count). The molecule has 1 N–H and O–H groups in total. The Bertz CT molecular complexity index is 836. The topological polar surface area (TPSA) is 68.3 Å². The van der Waals surface area contributed by atoms with E-state index in [0.717, 1.165) is 6.07 Å². The van der Waals surface area contributed by atoms with E-state index in [1.165, 1.54) is 30.1 Å². The smallest absolute Gasteiger partial charge is 0.356 e. The number of hydrogen-bond acceptors (Lipinski definition) is 3. The monoisotopic (exact) mass is 278 g/mol. The standard InChI is InChI=1S/C13H8F2N2O3/c1-17-10(5-9(16-17)13(18)19)11-8(15)4-7(14)6-2-3-20-12(6)11/h2-5H,1H3,(H,18,19). The van der Waals surface area contributed by atoms with Crippen LogP contribution < -0.4 is 0 Å². The zero-order chi connectivity index (χ0) is 14.4. The Morgan fingerprint density at radius 2 is 2.10 bits per heavy atom. The lowest BCUT2D eigenvalue weighted by atomic mass is 10.1. The Labute approximate surface area is 111 Å². The first-order chi connectivity index (χ1) is 9.49. The first-order valence-corrected chi connectivity index (χ1v) is 5.62. The van der Waals surface area contributed by atoms with Crippen LogP contribution in [0, 0.1) is 11.6 Å². The summed E-state index contributed by atoms with van der Waals surface area (Å²) in [5.41, 5.74) is -0.0397. The van der Waals surface area contributed by atoms with Gasteiger partial charge in [-0.3, -0.25) is 4.68 Å². The molecule has 0 aliphatic rings. The number of hydrogen-bond donors (Lipinski definition) is 1. The van der Waals surface area contributed by atoms with Gasteiger partial charge in [0.2, 0.25) is 0 Å². The van der Waals surface area contributed by atoms with Gasteiger partial charge in [0, 0.05) is 13.1 Å². The van der Waals surface area contributed by atoms with E-state index in [4.69, 9.17) is 9.52 Å². The van der Waals surface area contributed by atoms with E-state index < -0.39 is 17.6 Å². The molecule has 0 atom stereocenters. The zero-order valence-corrected chi connectivity index (χ0v) is 10.2. The van der Waals surface area contributed by atoms with Crippen LogP contribution >= 0.6 is 0 Å². The number of furan rings is 1. The van der Waals surface area contributed by atoms with Crippen molar-refractivity contribution < 1.29 is 23.1 Å². The van der Waals surface area contributed by atoms with Gasteiger partial charge in [0.05, 0.1) is 22.9 Å². The number of carboxylic acid groups (broad SMARTS) is 1. The fraction of sp³-hybridized carbons (Fsp3) is 0.0769. The number of benzene rings is 1. The van der Waals surface area contributed by atoms with Crippen molar-refractivity contribution >= 4 is 16.9 Å². The van der Waals surface area contributed by atoms with Crippen LogP contribution in [-0.4, -0.2) is 20.9 Å². The SMILES string of the molecule is Cn1nc(C(=O)O)cc1-c1c(F)cc(F)c2ccoc12. The molecule has 0 fully saturated rings. The molecule has 0 amide bonds. The summed E-state index contributed by atoms with van der Waals surface area (Å²) in [5, 5.41) is 12.8. The third-order valence-corrected chi connectivity index (χ3v) is 3.00. The van der Waals surface area contributed by atoms with Crippen molar-refractivity contribution in [1.29, 1.82) is 0 Å². The summed E-state index contributed by atoms with van der Waals surface area (Å²) < 4.78 is 34.0. The Morgan fingerprint density at radius 1 is 1.35 bits per heavy atom. The zero-order valence-electron chi connectivity index (χ0n) is 10.2. The molecule has 1 aromatic carbocycles. The van der Waals surface area contributed by atoms with Gasteiger partial charge in [-0.15, -0.1) is 0 Å². The van der Waals surface area contributed by atoms with Crippen molar-refractivity contribution in [3.8, 4) is 11.3 Å². The van der Waals surface area contributed by atoms with Crippen LogP contribution in [0.2, 0.25) is 0 Å². The Morgan fingerprint density at radius 3 is 2.75 bits per heavy atom. The molecule has 2 aromatic heterocycles. The Kier molecular flexibility index (Phi) is 2.56. The maximum Gasteiger partial charge on any atom is 0.356 e. The normalized spacial score (nSPS) is 11.2. The lowest BCUT2D eigenvalue weighted by Crippen LogP contribution is -2.00. The third kappa shape index (κ3) is 1.67. The van der Waals surface area contributed by atoms with Gasteiger partial charge in [0.25, 0.3) is 0 Å². The molecule has 0 radical (unpaired) electrons. The van der Waals surface area contributed by atoms with Crippen LogP contribution in [0.5, 0.6) is 0 Å². The van der Waals surface area contributed by atoms with E-state index in [-0.39, 0.29) is 27.9 Å². The Hall–Kier alpha value is -2.70. The van der Waals surface area contributed by atoms with Crippen molar-refractivity contribution in [2.75, 3.05) is 0 Å². The van der Waals surface area contributed by atoms with Gasteiger partial charge in [-0.05, 0) is 12.1 Å². The molecule has 0 aliphatic carbocycles. The maximum atomic E-state index is 14.0. The second-order valence-electron chi connectivity index (χ2n) is 4.22. The van der Waals surface area contributed by atoms with Crippen molar-refractivity contribution in [1.82, 2.24) is 9.78 Å². The Balaban J connectivity index is 2.35. The second-order valence-corrected chi connectivity index (χ2v) is 4.22. The summed E-state index contributed by atoms with van der Waals surface area (Å²) in [6.07, 6.45) is 1.24. The van der Waals surface area contributed by atoms with Crippen molar-refractivity contribution in [2.45, 2.75) is 0 Å². The molecule has 0 spiro atoms. The highest BCUT2D eigenvalue weighted by Crippen LogP contribution is 2.33. The van der Waals surface area contributed by atoms with E-state index >= 15 is 0 Å². The largest absolute Gasteiger partial charge is 0.476 e. The number of carboxylic acids is 1. The number of aromatic carboxylic acids is 1. The summed E-state index contributed by atoms with van der Waals surface area (Å²) in [6, 6.07) is 3.32. The number of aromatic nitrogens is 2. The molecule has 0 bridgehead atoms. The van der Waals surface area contributed by atoms with E-state index in [2.05, 4.69) is 5.10 Å². The van der Waals surface area contributed by atoms with Crippen LogP contribution in [0.1, 0.15) is 10.5 Å². The predicted octanol–water partition coefficient (Wildman–Crippen LogP) is 2.81. The van der Waals surface area contributed by atoms with E-state index in [9.17, 15) is 13.6 Å². The van der Waals surface area contributed by atoms with Crippen LogP contribution in [0.25, 0.3) is 22.2 Å². The first-order valence-electron chi connectivity index (χ1n) is 5.62. The number of halogens is 2. The molecule has 0 saturated heterocycles. The van der Waals surface area contributed by atoms with Gasteiger partial charge in [-0.1, -0.05) is 0 Å². The molecule has 5 nitrogen and oxygen atoms in total. The minimum Gasteiger partial charge on any atom is -0.476 e. The summed E-state index contributed by atoms with van der Waals surface area (Å²) in [5.74, 6) is -2.81. The summed E-state index contributed by atoms with van der Waals surface area (Å²) in [4.78, 5) is 10.9. The number of carbonyl (C=O) groups is 1. The molecule has 7 heteroatoms. The van der Waals surface area contributed by atoms with Crippen molar-refractivity contribution in [3.05, 3.63) is 41.8 Å². The summed E-state index contributed by atoms with van der Waals surface area (Å²) in [7, 11) is 1.47. The molecule has 2 heterocycles. The summed E-state index contributed by atoms with van der Waals surface area (Å²) in [6.45, 7) is 0. The molecular weight excluding hydrogens is 270 g/mol. The highest BCUT2D eigenvalue weighted by molar-refractivity contribution is 5.94. The van der Waals surface area contributed by atoms with Gasteiger partial charge >= 0.3 is 5.97 Å². The van der Waals surface area contributed by atoms with E-state index in [1.54, 1.807) is 0 Å². The van der Waals surface area contributed by atoms with Gasteiger partial charge in [0.1, 0.15) is 17.2 Å². The maximum absolute atomic E-state index is 14.0. The van der Waals surface area contributed by atoms with Crippen LogP contribution in [0.15, 0.2) is 28.9 Å². The highest BCUT2D eigenvalue weighted by Gasteiger charge is 2.21. The van der Waals surface area contributed by atoms with Crippen LogP contribution in [0.4, 0.5) is 8.78 Å². The average molecular weight is 278 g/mol. The van der Waals surface area contributed by atoms with Crippen molar-refractivity contribution in [3.63, 3.8) is 0 Å². The van der Waals surface area contributed by atoms with Crippen LogP contribution in [-0.2, 0) is 7.05 Å². The average Bonchev–Trinajstić information content (AvgIpc) is 2.97. The van der Waals surface area contributed by atoms with Gasteiger partial charge in [0.15, 0.2) is 5.69 Å². The number of rotatable bonds is 2. The quantitative estimate of drug-likeness (QED) is 0.782. The number of nitrogens with zero attached hydrogens (tertiary/aromatic N) is 2. The fourth-order valence-electron chi connectivity index (χ4n) is 2.10. The fourth-order valence-corrected chi connectivity index (χ4v) is 2.10. The lowest BCUT2D eigenvalue weighted by Gasteiger charge is -2.05. The van der Waals surface area contributed by atoms with E-state index in [1.807, 2.05) is 0 Å². The third-order valence-electron chi connectivity index (χ3n) is 3.00. The molecule has 0 unspecified atom stereocenters. The van der Waals surface area contributed by atoms with Gasteiger partial charge in [-0.2, -0.15) is 5.10 Å². The van der Waals surface area contributed by atoms with E-state index in [0.29, 0.717) is 0 Å². The minimum atomic E-state index is -1.23. The second kappa shape index (κ2) is 4.16. The number of aryl methyl sites for hydroxylation is 1. The molecule has 0 aliphatic heterocycles. The van der Waals surface area contributed by atoms with Crippen LogP contribution in [0.3, 0.4) is 0 Å². The summed E-state index contributed by atoms with van der Waals surface area (Å²) >= 11 is 0. The molecule has 20 heavy (non-hydrogen) atoms. The minimum absolute atomic E-state index is 0.0161. The van der Waals surface area contributed by atoms with Gasteiger partial charge < -0.3 is 9.52 Å².